The number of carbonyl (C=O) groups excluding carboxylic acids is 1. The molecule has 0 radical (unpaired) electrons. The van der Waals surface area contributed by atoms with E-state index in [-0.39, 0.29) is 5.91 Å². The number of allylic oxidation sites excluding steroid dienone is 2. The Labute approximate surface area is 138 Å². The molecule has 1 N–H and O–H groups in total. The summed E-state index contributed by atoms with van der Waals surface area (Å²) in [7, 11) is 0. The van der Waals surface area contributed by atoms with Gasteiger partial charge in [0.1, 0.15) is 5.03 Å². The molecule has 0 aliphatic heterocycles. The van der Waals surface area contributed by atoms with E-state index < -0.39 is 28.5 Å². The van der Waals surface area contributed by atoms with Crippen LogP contribution in [0.5, 0.6) is 0 Å². The maximum absolute atomic E-state index is 12.6. The number of nitrogens with one attached hydrogen (secondary N) is 1. The van der Waals surface area contributed by atoms with Crippen molar-refractivity contribution in [2.24, 2.45) is 17.3 Å². The molecule has 23 heavy (non-hydrogen) atoms. The Morgan fingerprint density at radius 3 is 2.43 bits per heavy atom. The van der Waals surface area contributed by atoms with E-state index in [1.807, 2.05) is 26.0 Å². The van der Waals surface area contributed by atoms with Crippen LogP contribution in [0.25, 0.3) is 0 Å². The van der Waals surface area contributed by atoms with Gasteiger partial charge in [0.2, 0.25) is 5.91 Å². The third kappa shape index (κ3) is 3.71. The zero-order valence-corrected chi connectivity index (χ0v) is 14.1. The van der Waals surface area contributed by atoms with Gasteiger partial charge in [0, 0.05) is 5.69 Å². The molecule has 1 amide bonds. The zero-order chi connectivity index (χ0) is 17.6. The van der Waals surface area contributed by atoms with E-state index in [9.17, 15) is 18.0 Å². The lowest BCUT2D eigenvalue weighted by atomic mass is 10.1. The fourth-order valence-corrected chi connectivity index (χ4v) is 3.04. The molecule has 1 aromatic carbocycles. The number of carbonyl (C=O) groups is 1. The van der Waals surface area contributed by atoms with Gasteiger partial charge >= 0.3 is 6.18 Å². The Morgan fingerprint density at radius 2 is 1.91 bits per heavy atom. The Bertz CT molecular complexity index is 664. The summed E-state index contributed by atoms with van der Waals surface area (Å²) in [5.41, 5.74) is 2.11. The summed E-state index contributed by atoms with van der Waals surface area (Å²) in [6.07, 6.45) is -3.62. The topological polar surface area (TPSA) is 29.1 Å². The molecule has 6 heteroatoms. The van der Waals surface area contributed by atoms with Crippen molar-refractivity contribution >= 4 is 23.2 Å². The van der Waals surface area contributed by atoms with Gasteiger partial charge < -0.3 is 5.32 Å². The van der Waals surface area contributed by atoms with Crippen LogP contribution in [-0.2, 0) is 4.79 Å². The lowest BCUT2D eigenvalue weighted by molar-refractivity contribution is -0.118. The number of anilines is 1. The van der Waals surface area contributed by atoms with Crippen molar-refractivity contribution in [2.75, 3.05) is 5.32 Å². The molecule has 0 bridgehead atoms. The number of benzene rings is 1. The quantitative estimate of drug-likeness (QED) is 0.801. The van der Waals surface area contributed by atoms with Crippen LogP contribution in [0, 0.1) is 31.1 Å². The normalized spacial score (nSPS) is 23.6. The minimum Gasteiger partial charge on any atom is -0.326 e. The minimum atomic E-state index is -4.57. The van der Waals surface area contributed by atoms with Gasteiger partial charge in [-0.3, -0.25) is 4.79 Å². The number of aryl methyl sites for hydroxylation is 2. The molecule has 2 nitrogen and oxygen atoms in total. The van der Waals surface area contributed by atoms with Crippen molar-refractivity contribution in [3.05, 3.63) is 40.4 Å². The number of alkyl halides is 3. The summed E-state index contributed by atoms with van der Waals surface area (Å²) >= 11 is 5.30. The summed E-state index contributed by atoms with van der Waals surface area (Å²) in [5, 5.41) is 1.64. The molecule has 1 saturated carbocycles. The average molecular weight is 346 g/mol. The summed E-state index contributed by atoms with van der Waals surface area (Å²) < 4.78 is 37.7. The highest BCUT2D eigenvalue weighted by atomic mass is 35.5. The lowest BCUT2D eigenvalue weighted by Crippen LogP contribution is -2.17. The molecule has 2 rings (SSSR count). The monoisotopic (exact) mass is 345 g/mol. The van der Waals surface area contributed by atoms with Crippen LogP contribution in [-0.4, -0.2) is 12.1 Å². The van der Waals surface area contributed by atoms with Gasteiger partial charge in [0.15, 0.2) is 0 Å². The third-order valence-electron chi connectivity index (χ3n) is 4.43. The Balaban J connectivity index is 2.14. The lowest BCUT2D eigenvalue weighted by Gasteiger charge is -2.09. The predicted molar refractivity (Wildman–Crippen MR) is 85.3 cm³/mol. The molecule has 0 aromatic heterocycles. The Kier molecular flexibility index (Phi) is 4.55. The highest BCUT2D eigenvalue weighted by Gasteiger charge is 2.61. The highest BCUT2D eigenvalue weighted by molar-refractivity contribution is 6.30. The van der Waals surface area contributed by atoms with Crippen molar-refractivity contribution in [1.29, 1.82) is 0 Å². The molecule has 1 aromatic rings. The van der Waals surface area contributed by atoms with Gasteiger partial charge in [-0.05, 0) is 36.8 Å². The van der Waals surface area contributed by atoms with Crippen LogP contribution in [0.15, 0.2) is 29.3 Å². The van der Waals surface area contributed by atoms with Crippen LogP contribution in [0.2, 0.25) is 0 Å². The van der Waals surface area contributed by atoms with E-state index >= 15 is 0 Å². The first-order valence-electron chi connectivity index (χ1n) is 7.27. The fraction of sp³-hybridized carbons (Fsp3) is 0.471. The van der Waals surface area contributed by atoms with Crippen molar-refractivity contribution in [1.82, 2.24) is 0 Å². The maximum Gasteiger partial charge on any atom is 0.426 e. The molecule has 0 unspecified atom stereocenters. The average Bonchev–Trinajstić information content (AvgIpc) is 2.93. The van der Waals surface area contributed by atoms with Crippen molar-refractivity contribution < 1.29 is 18.0 Å². The molecule has 1 aliphatic carbocycles. The van der Waals surface area contributed by atoms with Crippen LogP contribution in [0.3, 0.4) is 0 Å². The minimum absolute atomic E-state index is 0.283. The van der Waals surface area contributed by atoms with Gasteiger partial charge in [-0.15, -0.1) is 0 Å². The number of hydrogen-bond acceptors (Lipinski definition) is 1. The first kappa shape index (κ1) is 17.9. The van der Waals surface area contributed by atoms with Crippen molar-refractivity contribution in [3.63, 3.8) is 0 Å². The van der Waals surface area contributed by atoms with Crippen LogP contribution >= 0.6 is 11.6 Å². The van der Waals surface area contributed by atoms with E-state index in [0.29, 0.717) is 5.69 Å². The second-order valence-electron chi connectivity index (χ2n) is 6.64. The van der Waals surface area contributed by atoms with Crippen LogP contribution < -0.4 is 5.32 Å². The smallest absolute Gasteiger partial charge is 0.326 e. The van der Waals surface area contributed by atoms with Gasteiger partial charge in [-0.25, -0.2) is 0 Å². The maximum atomic E-state index is 12.6. The largest absolute Gasteiger partial charge is 0.426 e. The summed E-state index contributed by atoms with van der Waals surface area (Å²) in [4.78, 5) is 12.4. The van der Waals surface area contributed by atoms with E-state index in [0.717, 1.165) is 17.2 Å². The molecule has 126 valence electrons. The number of halogens is 4. The molecule has 0 spiro atoms. The number of amides is 1. The van der Waals surface area contributed by atoms with E-state index in [1.54, 1.807) is 19.9 Å². The van der Waals surface area contributed by atoms with E-state index in [4.69, 9.17) is 11.6 Å². The van der Waals surface area contributed by atoms with Gasteiger partial charge in [-0.1, -0.05) is 49.2 Å². The first-order chi connectivity index (χ1) is 10.4. The second-order valence-corrected chi connectivity index (χ2v) is 7.05. The van der Waals surface area contributed by atoms with Crippen molar-refractivity contribution in [2.45, 2.75) is 33.9 Å². The van der Waals surface area contributed by atoms with Gasteiger partial charge in [0.25, 0.3) is 0 Å². The molecule has 0 heterocycles. The molecular weight excluding hydrogens is 327 g/mol. The Hall–Kier alpha value is -1.49. The van der Waals surface area contributed by atoms with Crippen LogP contribution in [0.1, 0.15) is 25.0 Å². The zero-order valence-electron chi connectivity index (χ0n) is 13.4. The number of hydrogen-bond donors (Lipinski definition) is 1. The summed E-state index contributed by atoms with van der Waals surface area (Å²) in [6, 6.07) is 5.61. The molecular formula is C17H19ClF3NO. The predicted octanol–water partition coefficient (Wildman–Crippen LogP) is 5.20. The van der Waals surface area contributed by atoms with Crippen LogP contribution in [0.4, 0.5) is 18.9 Å². The van der Waals surface area contributed by atoms with E-state index in [2.05, 4.69) is 5.32 Å². The summed E-state index contributed by atoms with van der Waals surface area (Å²) in [5.74, 6) is -1.34. The van der Waals surface area contributed by atoms with Gasteiger partial charge in [0.05, 0.1) is 5.92 Å². The Morgan fingerprint density at radius 1 is 1.30 bits per heavy atom. The van der Waals surface area contributed by atoms with Gasteiger partial charge in [-0.2, -0.15) is 13.2 Å². The summed E-state index contributed by atoms with van der Waals surface area (Å²) in [6.45, 7) is 7.35. The number of rotatable bonds is 3. The van der Waals surface area contributed by atoms with E-state index in [1.165, 1.54) is 0 Å². The molecule has 1 fully saturated rings. The third-order valence-corrected chi connectivity index (χ3v) is 4.77. The molecule has 1 aliphatic rings. The van der Waals surface area contributed by atoms with Crippen molar-refractivity contribution in [3.8, 4) is 0 Å². The SMILES string of the molecule is Cc1ccc(NC(=O)[C@H]2[C@@H](/C=C(\Cl)C(F)(F)F)C2(C)C)c(C)c1. The standard InChI is InChI=1S/C17H19ClF3NO/c1-9-5-6-12(10(2)7-9)22-15(23)14-11(16(14,3)4)8-13(18)17(19,20)21/h5-8,11,14H,1-4H3,(H,22,23)/b13-8-/t11-,14-/m1/s1. The fourth-order valence-electron chi connectivity index (χ4n) is 2.91. The highest BCUT2D eigenvalue weighted by Crippen LogP contribution is 2.60. The molecule has 2 atom stereocenters. The first-order valence-corrected chi connectivity index (χ1v) is 7.65. The molecule has 0 saturated heterocycles. The second kappa shape index (κ2) is 5.86.